The van der Waals surface area contributed by atoms with Crippen molar-refractivity contribution in [3.63, 3.8) is 0 Å². The minimum Gasteiger partial charge on any atom is -0.490 e. The second-order valence-corrected chi connectivity index (χ2v) is 9.25. The highest BCUT2D eigenvalue weighted by atomic mass is 32.1. The molecule has 2 aromatic carbocycles. The summed E-state index contributed by atoms with van der Waals surface area (Å²) in [4.78, 5) is 31.5. The Morgan fingerprint density at radius 3 is 2.47 bits per heavy atom. The van der Waals surface area contributed by atoms with Gasteiger partial charge in [-0.15, -0.1) is 0 Å². The summed E-state index contributed by atoms with van der Waals surface area (Å²) in [6, 6.07) is 12.8. The van der Waals surface area contributed by atoms with Crippen LogP contribution in [0.4, 0.5) is 13.2 Å². The van der Waals surface area contributed by atoms with Crippen LogP contribution in [0.3, 0.4) is 0 Å². The second kappa shape index (κ2) is 11.3. The van der Waals surface area contributed by atoms with Gasteiger partial charge in [0.15, 0.2) is 22.9 Å². The van der Waals surface area contributed by atoms with E-state index in [1.165, 1.54) is 23.8 Å². The summed E-state index contributed by atoms with van der Waals surface area (Å²) in [5.41, 5.74) is 1.71. The predicted octanol–water partition coefficient (Wildman–Crippen LogP) is 4.14. The standard InChI is InChI=1S/C27H25F3N2O5S/c1-4-18-22(25(34)35-3)23(17-9-7-6-8-10-17)32-24(33)21(38-26(32)31-18)14-16-11-12-19(20(13-16)36-5-2)37-15-27(28,29)30/h6-14,23H,4-5,15H2,1-3H3/b21-14-/t23-/m1/s1. The van der Waals surface area contributed by atoms with E-state index in [4.69, 9.17) is 14.2 Å². The molecule has 0 radical (unpaired) electrons. The maximum atomic E-state index is 13.7. The zero-order valence-corrected chi connectivity index (χ0v) is 21.7. The second-order valence-electron chi connectivity index (χ2n) is 8.24. The largest absolute Gasteiger partial charge is 0.490 e. The van der Waals surface area contributed by atoms with Gasteiger partial charge in [-0.3, -0.25) is 9.36 Å². The first kappa shape index (κ1) is 27.2. The van der Waals surface area contributed by atoms with Crippen LogP contribution in [0.25, 0.3) is 6.08 Å². The molecule has 200 valence electrons. The van der Waals surface area contributed by atoms with E-state index in [0.717, 1.165) is 16.9 Å². The van der Waals surface area contributed by atoms with Crippen LogP contribution in [0, 0.1) is 0 Å². The van der Waals surface area contributed by atoms with E-state index in [-0.39, 0.29) is 23.7 Å². The molecule has 3 aromatic rings. The monoisotopic (exact) mass is 546 g/mol. The highest BCUT2D eigenvalue weighted by Gasteiger charge is 2.33. The molecular formula is C27H25F3N2O5S. The van der Waals surface area contributed by atoms with Crippen LogP contribution >= 0.6 is 11.3 Å². The number of allylic oxidation sites excluding steroid dienone is 1. The van der Waals surface area contributed by atoms with Crippen LogP contribution in [-0.4, -0.2) is 37.0 Å². The summed E-state index contributed by atoms with van der Waals surface area (Å²) in [5.74, 6) is -0.492. The van der Waals surface area contributed by atoms with Crippen LogP contribution in [0.5, 0.6) is 11.5 Å². The lowest BCUT2D eigenvalue weighted by Gasteiger charge is -2.25. The van der Waals surface area contributed by atoms with Crippen molar-refractivity contribution in [2.75, 3.05) is 20.3 Å². The normalized spacial score (nSPS) is 15.6. The van der Waals surface area contributed by atoms with Gasteiger partial charge in [0.1, 0.15) is 0 Å². The van der Waals surface area contributed by atoms with Crippen LogP contribution in [0.15, 0.2) is 69.6 Å². The quantitative estimate of drug-likeness (QED) is 0.397. The van der Waals surface area contributed by atoms with E-state index in [1.54, 1.807) is 19.1 Å². The van der Waals surface area contributed by atoms with Gasteiger partial charge in [-0.25, -0.2) is 9.79 Å². The number of alkyl halides is 3. The number of benzene rings is 2. The van der Waals surface area contributed by atoms with Gasteiger partial charge in [0, 0.05) is 0 Å². The third-order valence-corrected chi connectivity index (χ3v) is 6.71. The van der Waals surface area contributed by atoms with E-state index < -0.39 is 24.8 Å². The molecule has 0 bridgehead atoms. The number of carbonyl (C=O) groups is 1. The number of ether oxygens (including phenoxy) is 3. The third-order valence-electron chi connectivity index (χ3n) is 5.72. The Morgan fingerprint density at radius 2 is 1.84 bits per heavy atom. The molecule has 7 nitrogen and oxygen atoms in total. The molecule has 0 fully saturated rings. The Balaban J connectivity index is 1.85. The van der Waals surface area contributed by atoms with Gasteiger partial charge >= 0.3 is 12.1 Å². The summed E-state index contributed by atoms with van der Waals surface area (Å²) in [5, 5.41) is 0. The number of aromatic nitrogens is 1. The zero-order chi connectivity index (χ0) is 27.4. The lowest BCUT2D eigenvalue weighted by atomic mass is 9.95. The molecule has 1 aliphatic rings. The van der Waals surface area contributed by atoms with E-state index >= 15 is 0 Å². The van der Waals surface area contributed by atoms with Gasteiger partial charge in [0.05, 0.1) is 35.6 Å². The fourth-order valence-corrected chi connectivity index (χ4v) is 5.15. The lowest BCUT2D eigenvalue weighted by molar-refractivity contribution is -0.153. The Hall–Kier alpha value is -3.86. The third kappa shape index (κ3) is 5.67. The number of rotatable bonds is 8. The number of hydrogen-bond acceptors (Lipinski definition) is 7. The summed E-state index contributed by atoms with van der Waals surface area (Å²) in [7, 11) is 1.29. The maximum absolute atomic E-state index is 13.7. The van der Waals surface area contributed by atoms with E-state index in [9.17, 15) is 22.8 Å². The first-order chi connectivity index (χ1) is 18.2. The summed E-state index contributed by atoms with van der Waals surface area (Å²) in [6.07, 6.45) is -2.43. The Morgan fingerprint density at radius 1 is 1.11 bits per heavy atom. The van der Waals surface area contributed by atoms with Crippen LogP contribution in [0.2, 0.25) is 0 Å². The van der Waals surface area contributed by atoms with Crippen molar-refractivity contribution in [1.29, 1.82) is 0 Å². The number of carbonyl (C=O) groups excluding carboxylic acids is 1. The van der Waals surface area contributed by atoms with Gasteiger partial charge in [-0.05, 0) is 42.7 Å². The molecule has 1 atom stereocenters. The molecule has 1 aliphatic heterocycles. The lowest BCUT2D eigenvalue weighted by Crippen LogP contribution is -2.40. The first-order valence-electron chi connectivity index (χ1n) is 11.8. The van der Waals surface area contributed by atoms with Crippen molar-refractivity contribution in [2.24, 2.45) is 4.99 Å². The smallest absolute Gasteiger partial charge is 0.422 e. The minimum atomic E-state index is -4.49. The van der Waals surface area contributed by atoms with Gasteiger partial charge in [-0.2, -0.15) is 13.2 Å². The number of thiazole rings is 1. The molecule has 0 saturated heterocycles. The number of halogens is 3. The number of fused-ring (bicyclic) bond motifs is 1. The van der Waals surface area contributed by atoms with Crippen molar-refractivity contribution in [3.05, 3.63) is 90.6 Å². The van der Waals surface area contributed by atoms with Crippen LogP contribution in [-0.2, 0) is 9.53 Å². The Labute approximate surface area is 220 Å². The molecule has 2 heterocycles. The van der Waals surface area contributed by atoms with Crippen molar-refractivity contribution < 1.29 is 32.2 Å². The van der Waals surface area contributed by atoms with Crippen molar-refractivity contribution in [2.45, 2.75) is 32.5 Å². The molecular weight excluding hydrogens is 521 g/mol. The minimum absolute atomic E-state index is 0.0535. The van der Waals surface area contributed by atoms with Crippen molar-refractivity contribution >= 4 is 23.4 Å². The summed E-state index contributed by atoms with van der Waals surface area (Å²) in [6.45, 7) is 2.33. The average molecular weight is 547 g/mol. The number of nitrogens with zero attached hydrogens (tertiary/aromatic N) is 2. The van der Waals surface area contributed by atoms with Gasteiger partial charge in [-0.1, -0.05) is 54.7 Å². The van der Waals surface area contributed by atoms with E-state index in [1.807, 2.05) is 37.3 Å². The molecule has 4 rings (SSSR count). The van der Waals surface area contributed by atoms with Crippen LogP contribution < -0.4 is 24.4 Å². The van der Waals surface area contributed by atoms with E-state index in [2.05, 4.69) is 4.99 Å². The molecule has 0 aliphatic carbocycles. The fraction of sp³-hybridized carbons (Fsp3) is 0.296. The SMILES string of the molecule is CCOc1cc(/C=c2\sc3n(c2=O)[C@H](c2ccccc2)C(C(=O)OC)=C(CC)N=3)ccc1OCC(F)(F)F. The van der Waals surface area contributed by atoms with Crippen molar-refractivity contribution in [3.8, 4) is 11.5 Å². The average Bonchev–Trinajstić information content (AvgIpc) is 3.21. The molecule has 0 spiro atoms. The van der Waals surface area contributed by atoms with Crippen molar-refractivity contribution in [1.82, 2.24) is 4.57 Å². The first-order valence-corrected chi connectivity index (χ1v) is 12.6. The zero-order valence-electron chi connectivity index (χ0n) is 20.9. The van der Waals surface area contributed by atoms with Gasteiger partial charge < -0.3 is 14.2 Å². The van der Waals surface area contributed by atoms with Gasteiger partial charge in [0.2, 0.25) is 0 Å². The number of methoxy groups -OCH3 is 1. The topological polar surface area (TPSA) is 79.1 Å². The molecule has 38 heavy (non-hydrogen) atoms. The number of esters is 1. The number of hydrogen-bond donors (Lipinski definition) is 0. The molecule has 11 heteroatoms. The molecule has 1 aromatic heterocycles. The Bertz CT molecular complexity index is 1540. The van der Waals surface area contributed by atoms with Crippen LogP contribution in [0.1, 0.15) is 37.4 Å². The van der Waals surface area contributed by atoms with Gasteiger partial charge in [0.25, 0.3) is 5.56 Å². The summed E-state index contributed by atoms with van der Waals surface area (Å²) < 4.78 is 55.1. The molecule has 0 saturated carbocycles. The molecule has 0 unspecified atom stereocenters. The maximum Gasteiger partial charge on any atom is 0.422 e. The molecule has 0 N–H and O–H groups in total. The fourth-order valence-electron chi connectivity index (χ4n) is 4.13. The highest BCUT2D eigenvalue weighted by Crippen LogP contribution is 2.32. The summed E-state index contributed by atoms with van der Waals surface area (Å²) >= 11 is 1.15. The van der Waals surface area contributed by atoms with E-state index in [0.29, 0.717) is 32.6 Å². The molecule has 0 amide bonds. The highest BCUT2D eigenvalue weighted by molar-refractivity contribution is 7.07. The Kier molecular flexibility index (Phi) is 8.05. The predicted molar refractivity (Wildman–Crippen MR) is 136 cm³/mol.